The maximum atomic E-state index is 4.62. The third-order valence-electron chi connectivity index (χ3n) is 4.94. The minimum Gasteiger partial charge on any atom is -0.306 e. The second kappa shape index (κ2) is 6.95. The number of nitrogens with one attached hydrogen (secondary N) is 1. The first-order valence-corrected chi connectivity index (χ1v) is 8.49. The lowest BCUT2D eigenvalue weighted by molar-refractivity contribution is 0.646. The Hall–Kier alpha value is -1.83. The van der Waals surface area contributed by atoms with Crippen LogP contribution in [0.1, 0.15) is 63.5 Å². The molecule has 1 aromatic rings. The third-order valence-corrected chi connectivity index (χ3v) is 4.94. The molecule has 0 unspecified atom stereocenters. The molecule has 0 saturated heterocycles. The van der Waals surface area contributed by atoms with Crippen molar-refractivity contribution in [2.45, 2.75) is 58.9 Å². The molecule has 0 aliphatic heterocycles. The van der Waals surface area contributed by atoms with Crippen molar-refractivity contribution in [2.75, 3.05) is 0 Å². The summed E-state index contributed by atoms with van der Waals surface area (Å²) in [5.74, 6) is 0. The van der Waals surface area contributed by atoms with Crippen LogP contribution in [0.25, 0.3) is 5.57 Å². The van der Waals surface area contributed by atoms with E-state index in [-0.39, 0.29) is 0 Å². The van der Waals surface area contributed by atoms with E-state index in [9.17, 15) is 0 Å². The topological polar surface area (TPSA) is 24.4 Å². The van der Waals surface area contributed by atoms with Crippen LogP contribution in [0.3, 0.4) is 0 Å². The Morgan fingerprint density at radius 2 is 1.82 bits per heavy atom. The number of nitrogens with zero attached hydrogens (tertiary/aromatic N) is 1. The summed E-state index contributed by atoms with van der Waals surface area (Å²) in [5, 5.41) is 4.62. The highest BCUT2D eigenvalue weighted by molar-refractivity contribution is 5.84. The fourth-order valence-electron chi connectivity index (χ4n) is 3.39. The maximum absolute atomic E-state index is 4.62. The summed E-state index contributed by atoms with van der Waals surface area (Å²) in [6.07, 6.45) is 9.69. The Morgan fingerprint density at radius 1 is 1.05 bits per heavy atom. The van der Waals surface area contributed by atoms with Crippen molar-refractivity contribution >= 4 is 11.3 Å². The van der Waals surface area contributed by atoms with Gasteiger partial charge in [-0.05, 0) is 68.2 Å². The van der Waals surface area contributed by atoms with Crippen molar-refractivity contribution in [1.29, 1.82) is 0 Å². The summed E-state index contributed by atoms with van der Waals surface area (Å²) in [7, 11) is 0. The second-order valence-corrected chi connectivity index (χ2v) is 6.43. The molecule has 0 heterocycles. The zero-order valence-electron chi connectivity index (χ0n) is 13.8. The van der Waals surface area contributed by atoms with Crippen LogP contribution in [-0.2, 0) is 6.54 Å². The van der Waals surface area contributed by atoms with Gasteiger partial charge in [-0.25, -0.2) is 0 Å². The van der Waals surface area contributed by atoms with E-state index in [1.165, 1.54) is 65.7 Å². The molecule has 22 heavy (non-hydrogen) atoms. The molecule has 2 aliphatic carbocycles. The highest BCUT2D eigenvalue weighted by Crippen LogP contribution is 2.34. The number of allylic oxidation sites excluding steroid dienone is 4. The molecule has 0 atom stereocenters. The van der Waals surface area contributed by atoms with E-state index in [1.807, 2.05) is 0 Å². The SMILES string of the molecule is CC1=CCC(c2ccccc2CNN=C2CCCCC2)=C1C. The van der Waals surface area contributed by atoms with Crippen LogP contribution >= 0.6 is 0 Å². The van der Waals surface area contributed by atoms with Gasteiger partial charge >= 0.3 is 0 Å². The maximum Gasteiger partial charge on any atom is 0.0585 e. The van der Waals surface area contributed by atoms with Gasteiger partial charge < -0.3 is 5.43 Å². The normalized spacial score (nSPS) is 18.5. The Morgan fingerprint density at radius 3 is 2.55 bits per heavy atom. The summed E-state index contributed by atoms with van der Waals surface area (Å²) < 4.78 is 0. The molecule has 1 fully saturated rings. The summed E-state index contributed by atoms with van der Waals surface area (Å²) in [4.78, 5) is 0. The molecule has 2 aliphatic rings. The zero-order valence-corrected chi connectivity index (χ0v) is 13.8. The molecule has 0 radical (unpaired) electrons. The molecule has 0 amide bonds. The van der Waals surface area contributed by atoms with Gasteiger partial charge in [0.25, 0.3) is 0 Å². The fraction of sp³-hybridized carbons (Fsp3) is 0.450. The Kier molecular flexibility index (Phi) is 4.77. The van der Waals surface area contributed by atoms with E-state index < -0.39 is 0 Å². The first-order valence-electron chi connectivity index (χ1n) is 8.49. The van der Waals surface area contributed by atoms with Gasteiger partial charge in [-0.2, -0.15) is 5.10 Å². The van der Waals surface area contributed by atoms with Gasteiger partial charge in [-0.15, -0.1) is 0 Å². The molecule has 1 saturated carbocycles. The standard InChI is InChI=1S/C20H26N2/c1-15-12-13-19(16(15)2)20-11-7-6-8-17(20)14-21-22-18-9-4-3-5-10-18/h6-8,11-12,21H,3-5,9-10,13-14H2,1-2H3. The van der Waals surface area contributed by atoms with E-state index in [1.54, 1.807) is 0 Å². The Balaban J connectivity index is 1.72. The van der Waals surface area contributed by atoms with Crippen LogP contribution < -0.4 is 5.43 Å². The van der Waals surface area contributed by atoms with E-state index in [0.717, 1.165) is 13.0 Å². The molecule has 2 nitrogen and oxygen atoms in total. The van der Waals surface area contributed by atoms with E-state index in [2.05, 4.69) is 54.7 Å². The Labute approximate surface area is 134 Å². The summed E-state index contributed by atoms with van der Waals surface area (Å²) in [6, 6.07) is 8.73. The average molecular weight is 294 g/mol. The lowest BCUT2D eigenvalue weighted by Crippen LogP contribution is -2.13. The summed E-state index contributed by atoms with van der Waals surface area (Å²) in [5.41, 5.74) is 11.7. The average Bonchev–Trinajstić information content (AvgIpc) is 2.88. The first kappa shape index (κ1) is 15.1. The lowest BCUT2D eigenvalue weighted by Gasteiger charge is -2.14. The Bertz CT molecular complexity index is 627. The molecule has 3 rings (SSSR count). The number of hydrogen-bond donors (Lipinski definition) is 1. The van der Waals surface area contributed by atoms with Gasteiger partial charge in [0.1, 0.15) is 0 Å². The highest BCUT2D eigenvalue weighted by atomic mass is 15.3. The van der Waals surface area contributed by atoms with Gasteiger partial charge in [0.05, 0.1) is 6.54 Å². The molecule has 116 valence electrons. The molecule has 0 bridgehead atoms. The van der Waals surface area contributed by atoms with Crippen LogP contribution in [0.15, 0.2) is 46.6 Å². The molecule has 0 aromatic heterocycles. The monoisotopic (exact) mass is 294 g/mol. The quantitative estimate of drug-likeness (QED) is 0.756. The van der Waals surface area contributed by atoms with Crippen LogP contribution in [0.4, 0.5) is 0 Å². The molecule has 1 aromatic carbocycles. The molecule has 2 heteroatoms. The number of hydrogen-bond acceptors (Lipinski definition) is 2. The van der Waals surface area contributed by atoms with Crippen LogP contribution in [0.2, 0.25) is 0 Å². The smallest absolute Gasteiger partial charge is 0.0585 e. The molecule has 0 spiro atoms. The van der Waals surface area contributed by atoms with Gasteiger partial charge in [0.15, 0.2) is 0 Å². The van der Waals surface area contributed by atoms with Crippen molar-refractivity contribution in [1.82, 2.24) is 5.43 Å². The molecular weight excluding hydrogens is 268 g/mol. The number of benzene rings is 1. The van der Waals surface area contributed by atoms with E-state index in [0.29, 0.717) is 0 Å². The van der Waals surface area contributed by atoms with Crippen LogP contribution in [0.5, 0.6) is 0 Å². The van der Waals surface area contributed by atoms with Gasteiger partial charge in [-0.1, -0.05) is 42.3 Å². The summed E-state index contributed by atoms with van der Waals surface area (Å²) in [6.45, 7) is 5.26. The third kappa shape index (κ3) is 3.32. The van der Waals surface area contributed by atoms with Crippen molar-refractivity contribution < 1.29 is 0 Å². The second-order valence-electron chi connectivity index (χ2n) is 6.43. The lowest BCUT2D eigenvalue weighted by atomic mass is 9.96. The number of hydrazone groups is 1. The van der Waals surface area contributed by atoms with E-state index >= 15 is 0 Å². The predicted molar refractivity (Wildman–Crippen MR) is 94.8 cm³/mol. The van der Waals surface area contributed by atoms with Gasteiger partial charge in [0.2, 0.25) is 0 Å². The minimum absolute atomic E-state index is 0.815. The summed E-state index contributed by atoms with van der Waals surface area (Å²) >= 11 is 0. The molecular formula is C20H26N2. The van der Waals surface area contributed by atoms with Crippen molar-refractivity contribution in [3.8, 4) is 0 Å². The fourth-order valence-corrected chi connectivity index (χ4v) is 3.39. The zero-order chi connectivity index (χ0) is 15.4. The minimum atomic E-state index is 0.815. The van der Waals surface area contributed by atoms with Crippen LogP contribution in [-0.4, -0.2) is 5.71 Å². The van der Waals surface area contributed by atoms with Crippen molar-refractivity contribution in [3.05, 3.63) is 52.6 Å². The first-order chi connectivity index (χ1) is 10.8. The van der Waals surface area contributed by atoms with Gasteiger partial charge in [0, 0.05) is 5.71 Å². The van der Waals surface area contributed by atoms with Gasteiger partial charge in [-0.3, -0.25) is 0 Å². The predicted octanol–water partition coefficient (Wildman–Crippen LogP) is 5.22. The van der Waals surface area contributed by atoms with Crippen molar-refractivity contribution in [2.24, 2.45) is 5.10 Å². The number of rotatable bonds is 4. The van der Waals surface area contributed by atoms with E-state index in [4.69, 9.17) is 0 Å². The van der Waals surface area contributed by atoms with Crippen molar-refractivity contribution in [3.63, 3.8) is 0 Å². The highest BCUT2D eigenvalue weighted by Gasteiger charge is 2.15. The van der Waals surface area contributed by atoms with Crippen LogP contribution in [0, 0.1) is 0 Å². The molecule has 1 N–H and O–H groups in total. The largest absolute Gasteiger partial charge is 0.306 e.